The van der Waals surface area contributed by atoms with Crippen LogP contribution in [0.2, 0.25) is 0 Å². The van der Waals surface area contributed by atoms with Crippen molar-refractivity contribution in [1.82, 2.24) is 0 Å². The van der Waals surface area contributed by atoms with E-state index in [0.717, 1.165) is 0 Å². The lowest BCUT2D eigenvalue weighted by atomic mass is 10.0. The molecule has 0 N–H and O–H groups in total. The number of nitro groups is 1. The first-order chi connectivity index (χ1) is 7.70. The molecule has 2 rings (SSSR count). The Morgan fingerprint density at radius 2 is 2.25 bits per heavy atom. The van der Waals surface area contributed by atoms with E-state index in [-0.39, 0.29) is 16.7 Å². The van der Waals surface area contributed by atoms with Gasteiger partial charge in [0, 0.05) is 5.56 Å². The lowest BCUT2D eigenvalue weighted by Gasteiger charge is -2.23. The molecule has 86 valence electrons. The SMILES string of the molecule is Cc1cccc(C2COCCO2)c1[N+](=O)[O-]. The highest BCUT2D eigenvalue weighted by Gasteiger charge is 2.26. The molecule has 1 aromatic rings. The van der Waals surface area contributed by atoms with E-state index in [4.69, 9.17) is 9.47 Å². The molecule has 5 nitrogen and oxygen atoms in total. The molecule has 0 amide bonds. The topological polar surface area (TPSA) is 61.6 Å². The molecule has 1 saturated heterocycles. The van der Waals surface area contributed by atoms with Gasteiger partial charge in [-0.3, -0.25) is 10.1 Å². The van der Waals surface area contributed by atoms with E-state index in [1.807, 2.05) is 0 Å². The predicted octanol–water partition coefficient (Wildman–Crippen LogP) is 1.99. The molecule has 0 aromatic heterocycles. The lowest BCUT2D eigenvalue weighted by molar-refractivity contribution is -0.387. The monoisotopic (exact) mass is 223 g/mol. The zero-order chi connectivity index (χ0) is 11.5. The van der Waals surface area contributed by atoms with Crippen LogP contribution in [0, 0.1) is 17.0 Å². The minimum atomic E-state index is -0.358. The van der Waals surface area contributed by atoms with Gasteiger partial charge in [-0.05, 0) is 13.0 Å². The maximum absolute atomic E-state index is 11.0. The fourth-order valence-electron chi connectivity index (χ4n) is 1.86. The summed E-state index contributed by atoms with van der Waals surface area (Å²) in [6.07, 6.45) is -0.325. The summed E-state index contributed by atoms with van der Waals surface area (Å²) in [4.78, 5) is 10.6. The van der Waals surface area contributed by atoms with E-state index in [2.05, 4.69) is 0 Å². The summed E-state index contributed by atoms with van der Waals surface area (Å²) in [7, 11) is 0. The molecule has 0 spiro atoms. The van der Waals surface area contributed by atoms with E-state index >= 15 is 0 Å². The second-order valence-electron chi connectivity index (χ2n) is 3.70. The highest BCUT2D eigenvalue weighted by molar-refractivity contribution is 5.48. The Balaban J connectivity index is 2.38. The fraction of sp³-hybridized carbons (Fsp3) is 0.455. The smallest absolute Gasteiger partial charge is 0.278 e. The van der Waals surface area contributed by atoms with Crippen LogP contribution in [0.5, 0.6) is 0 Å². The van der Waals surface area contributed by atoms with Gasteiger partial charge in [-0.2, -0.15) is 0 Å². The average Bonchev–Trinajstić information content (AvgIpc) is 2.29. The first kappa shape index (κ1) is 11.0. The second kappa shape index (κ2) is 4.59. The van der Waals surface area contributed by atoms with Crippen LogP contribution in [0.4, 0.5) is 5.69 Å². The Morgan fingerprint density at radius 3 is 2.88 bits per heavy atom. The number of hydrogen-bond donors (Lipinski definition) is 0. The van der Waals surface area contributed by atoms with Crippen molar-refractivity contribution in [3.05, 3.63) is 39.4 Å². The lowest BCUT2D eigenvalue weighted by Crippen LogP contribution is -2.22. The molecular weight excluding hydrogens is 210 g/mol. The van der Waals surface area contributed by atoms with Crippen molar-refractivity contribution in [3.63, 3.8) is 0 Å². The van der Waals surface area contributed by atoms with Crippen LogP contribution in [0.1, 0.15) is 17.2 Å². The van der Waals surface area contributed by atoms with E-state index in [0.29, 0.717) is 30.9 Å². The van der Waals surface area contributed by atoms with Crippen molar-refractivity contribution >= 4 is 5.69 Å². The summed E-state index contributed by atoms with van der Waals surface area (Å²) in [6.45, 7) is 3.14. The average molecular weight is 223 g/mol. The van der Waals surface area contributed by atoms with Crippen LogP contribution in [0.15, 0.2) is 18.2 Å². The third kappa shape index (κ3) is 2.05. The third-order valence-electron chi connectivity index (χ3n) is 2.61. The van der Waals surface area contributed by atoms with Gasteiger partial charge in [0.1, 0.15) is 6.10 Å². The number of rotatable bonds is 2. The van der Waals surface area contributed by atoms with Gasteiger partial charge in [-0.25, -0.2) is 0 Å². The standard InChI is InChI=1S/C11H13NO4/c1-8-3-2-4-9(11(8)12(13)14)10-7-15-5-6-16-10/h2-4,10H,5-7H2,1H3. The van der Waals surface area contributed by atoms with E-state index < -0.39 is 0 Å². The molecular formula is C11H13NO4. The Bertz CT molecular complexity index is 399. The van der Waals surface area contributed by atoms with E-state index in [1.54, 1.807) is 25.1 Å². The maximum atomic E-state index is 11.0. The molecule has 1 aliphatic rings. The van der Waals surface area contributed by atoms with E-state index in [1.165, 1.54) is 0 Å². The number of hydrogen-bond acceptors (Lipinski definition) is 4. The largest absolute Gasteiger partial charge is 0.376 e. The molecule has 1 aromatic carbocycles. The van der Waals surface area contributed by atoms with Crippen LogP contribution < -0.4 is 0 Å². The number of para-hydroxylation sites is 1. The van der Waals surface area contributed by atoms with Gasteiger partial charge in [0.15, 0.2) is 0 Å². The molecule has 1 atom stereocenters. The van der Waals surface area contributed by atoms with Gasteiger partial charge in [0.2, 0.25) is 0 Å². The Labute approximate surface area is 93.1 Å². The predicted molar refractivity (Wildman–Crippen MR) is 57.3 cm³/mol. The number of benzene rings is 1. The molecule has 0 bridgehead atoms. The van der Waals surface area contributed by atoms with E-state index in [9.17, 15) is 10.1 Å². The first-order valence-electron chi connectivity index (χ1n) is 5.13. The first-order valence-corrected chi connectivity index (χ1v) is 5.13. The van der Waals surface area contributed by atoms with Crippen LogP contribution in [-0.4, -0.2) is 24.7 Å². The van der Waals surface area contributed by atoms with Gasteiger partial charge in [0.25, 0.3) is 5.69 Å². The zero-order valence-electron chi connectivity index (χ0n) is 9.01. The van der Waals surface area contributed by atoms with Crippen LogP contribution in [-0.2, 0) is 9.47 Å². The van der Waals surface area contributed by atoms with Gasteiger partial charge in [-0.1, -0.05) is 12.1 Å². The molecule has 16 heavy (non-hydrogen) atoms. The molecule has 0 aliphatic carbocycles. The van der Waals surface area contributed by atoms with Crippen molar-refractivity contribution in [1.29, 1.82) is 0 Å². The molecule has 0 saturated carbocycles. The Kier molecular flexibility index (Phi) is 3.17. The summed E-state index contributed by atoms with van der Waals surface area (Å²) in [5.74, 6) is 0. The number of aryl methyl sites for hydroxylation is 1. The zero-order valence-corrected chi connectivity index (χ0v) is 9.01. The van der Waals surface area contributed by atoms with Crippen LogP contribution in [0.25, 0.3) is 0 Å². The number of nitrogens with zero attached hydrogens (tertiary/aromatic N) is 1. The summed E-state index contributed by atoms with van der Waals surface area (Å²) in [5.41, 5.74) is 1.39. The third-order valence-corrected chi connectivity index (χ3v) is 2.61. The summed E-state index contributed by atoms with van der Waals surface area (Å²) in [6, 6.07) is 5.26. The van der Waals surface area contributed by atoms with Crippen molar-refractivity contribution < 1.29 is 14.4 Å². The summed E-state index contributed by atoms with van der Waals surface area (Å²) < 4.78 is 10.7. The summed E-state index contributed by atoms with van der Waals surface area (Å²) in [5, 5.41) is 11.0. The van der Waals surface area contributed by atoms with Crippen molar-refractivity contribution in [2.45, 2.75) is 13.0 Å². The minimum Gasteiger partial charge on any atom is -0.376 e. The maximum Gasteiger partial charge on any atom is 0.278 e. The van der Waals surface area contributed by atoms with Gasteiger partial charge in [-0.15, -0.1) is 0 Å². The molecule has 0 radical (unpaired) electrons. The Morgan fingerprint density at radius 1 is 1.44 bits per heavy atom. The quantitative estimate of drug-likeness (QED) is 0.568. The normalized spacial score (nSPS) is 20.7. The Hall–Kier alpha value is -1.46. The number of ether oxygens (including phenoxy) is 2. The van der Waals surface area contributed by atoms with Crippen molar-refractivity contribution in [2.75, 3.05) is 19.8 Å². The van der Waals surface area contributed by atoms with Crippen molar-refractivity contribution in [3.8, 4) is 0 Å². The molecule has 1 heterocycles. The molecule has 1 unspecified atom stereocenters. The number of nitro benzene ring substituents is 1. The summed E-state index contributed by atoms with van der Waals surface area (Å²) >= 11 is 0. The molecule has 5 heteroatoms. The minimum absolute atomic E-state index is 0.137. The molecule has 1 fully saturated rings. The van der Waals surface area contributed by atoms with Crippen LogP contribution in [0.3, 0.4) is 0 Å². The second-order valence-corrected chi connectivity index (χ2v) is 3.70. The highest BCUT2D eigenvalue weighted by Crippen LogP contribution is 2.31. The molecule has 1 aliphatic heterocycles. The van der Waals surface area contributed by atoms with Gasteiger partial charge in [0.05, 0.1) is 30.3 Å². The fourth-order valence-corrected chi connectivity index (χ4v) is 1.86. The van der Waals surface area contributed by atoms with Gasteiger partial charge < -0.3 is 9.47 Å². The van der Waals surface area contributed by atoms with Gasteiger partial charge >= 0.3 is 0 Å². The van der Waals surface area contributed by atoms with Crippen molar-refractivity contribution in [2.24, 2.45) is 0 Å². The highest BCUT2D eigenvalue weighted by atomic mass is 16.6. The van der Waals surface area contributed by atoms with Crippen LogP contribution >= 0.6 is 0 Å².